The summed E-state index contributed by atoms with van der Waals surface area (Å²) in [7, 11) is -3.54. The van der Waals surface area contributed by atoms with E-state index in [0.717, 1.165) is 19.3 Å². The summed E-state index contributed by atoms with van der Waals surface area (Å²) in [6.45, 7) is 0.523. The molecule has 1 atom stereocenters. The second kappa shape index (κ2) is 5.90. The van der Waals surface area contributed by atoms with Crippen molar-refractivity contribution in [1.82, 2.24) is 14.3 Å². The van der Waals surface area contributed by atoms with Crippen molar-refractivity contribution in [3.63, 3.8) is 0 Å². The van der Waals surface area contributed by atoms with Gasteiger partial charge in [-0.2, -0.15) is 4.31 Å². The van der Waals surface area contributed by atoms with Crippen LogP contribution in [-0.2, 0) is 10.0 Å². The van der Waals surface area contributed by atoms with E-state index < -0.39 is 10.0 Å². The number of hydrogen-bond acceptors (Lipinski definition) is 3. The summed E-state index contributed by atoms with van der Waals surface area (Å²) in [4.78, 5) is 7.60. The van der Waals surface area contributed by atoms with E-state index in [2.05, 4.69) is 25.9 Å². The van der Waals surface area contributed by atoms with Gasteiger partial charge in [0.1, 0.15) is 5.82 Å². The molecule has 5 nitrogen and oxygen atoms in total. The van der Waals surface area contributed by atoms with Crippen LogP contribution in [0.2, 0.25) is 0 Å². The third-order valence-corrected chi connectivity index (χ3v) is 6.63. The molecule has 0 unspecified atom stereocenters. The standard InChI is InChI=1S/C14H16BrN3O2S/c15-11-5-1-2-7-13(11)21(19,20)18-10-4-3-6-12(18)14-16-8-9-17-14/h1-2,5,7-9,12H,3-4,6,10H2,(H,16,17)/t12-/m1/s1. The van der Waals surface area contributed by atoms with Gasteiger partial charge in [-0.1, -0.05) is 18.6 Å². The second-order valence-corrected chi connectivity index (χ2v) is 7.75. The van der Waals surface area contributed by atoms with Crippen LogP contribution < -0.4 is 0 Å². The Morgan fingerprint density at radius 2 is 2.10 bits per heavy atom. The smallest absolute Gasteiger partial charge is 0.244 e. The summed E-state index contributed by atoms with van der Waals surface area (Å²) in [5.74, 6) is 0.713. The monoisotopic (exact) mass is 369 g/mol. The predicted octanol–water partition coefficient (Wildman–Crippen LogP) is 3.09. The molecule has 1 fully saturated rings. The number of nitrogens with zero attached hydrogens (tertiary/aromatic N) is 2. The van der Waals surface area contributed by atoms with Gasteiger partial charge in [0.05, 0.1) is 10.9 Å². The van der Waals surface area contributed by atoms with Crippen LogP contribution in [0.15, 0.2) is 46.0 Å². The summed E-state index contributed by atoms with van der Waals surface area (Å²) in [5, 5.41) is 0. The van der Waals surface area contributed by atoms with E-state index in [4.69, 9.17) is 0 Å². The Labute approximate surface area is 132 Å². The first-order valence-corrected chi connectivity index (χ1v) is 9.09. The molecule has 1 aliphatic rings. The number of imidazole rings is 1. The summed E-state index contributed by atoms with van der Waals surface area (Å²) >= 11 is 3.34. The Hall–Kier alpha value is -1.18. The molecule has 1 aromatic carbocycles. The lowest BCUT2D eigenvalue weighted by molar-refractivity contribution is 0.247. The summed E-state index contributed by atoms with van der Waals surface area (Å²) in [5.41, 5.74) is 0. The van der Waals surface area contributed by atoms with Gasteiger partial charge < -0.3 is 4.98 Å². The van der Waals surface area contributed by atoms with Crippen molar-refractivity contribution >= 4 is 26.0 Å². The van der Waals surface area contributed by atoms with E-state index >= 15 is 0 Å². The highest BCUT2D eigenvalue weighted by atomic mass is 79.9. The molecule has 7 heteroatoms. The van der Waals surface area contributed by atoms with Crippen LogP contribution in [0.3, 0.4) is 0 Å². The van der Waals surface area contributed by atoms with Crippen molar-refractivity contribution in [3.8, 4) is 0 Å². The molecular weight excluding hydrogens is 354 g/mol. The third-order valence-electron chi connectivity index (χ3n) is 3.71. The SMILES string of the molecule is O=S(=O)(c1ccccc1Br)N1CCCC[C@@H]1c1ncc[nH]1. The zero-order chi connectivity index (χ0) is 14.9. The largest absolute Gasteiger partial charge is 0.347 e. The average Bonchev–Trinajstić information content (AvgIpc) is 3.01. The van der Waals surface area contributed by atoms with E-state index in [1.165, 1.54) is 0 Å². The van der Waals surface area contributed by atoms with Crippen LogP contribution in [0.25, 0.3) is 0 Å². The van der Waals surface area contributed by atoms with E-state index in [0.29, 0.717) is 21.7 Å². The van der Waals surface area contributed by atoms with Gasteiger partial charge >= 0.3 is 0 Å². The number of hydrogen-bond donors (Lipinski definition) is 1. The molecule has 1 aliphatic heterocycles. The van der Waals surface area contributed by atoms with Crippen molar-refractivity contribution < 1.29 is 8.42 Å². The minimum Gasteiger partial charge on any atom is -0.347 e. The van der Waals surface area contributed by atoms with Crippen LogP contribution in [0, 0.1) is 0 Å². The van der Waals surface area contributed by atoms with Crippen LogP contribution in [-0.4, -0.2) is 29.2 Å². The summed E-state index contributed by atoms with van der Waals surface area (Å²) in [6.07, 6.45) is 6.06. The van der Waals surface area contributed by atoms with E-state index in [1.54, 1.807) is 34.9 Å². The van der Waals surface area contributed by atoms with Gasteiger partial charge in [-0.05, 0) is 40.9 Å². The lowest BCUT2D eigenvalue weighted by Crippen LogP contribution is -2.39. The zero-order valence-corrected chi connectivity index (χ0v) is 13.8. The lowest BCUT2D eigenvalue weighted by Gasteiger charge is -2.33. The van der Waals surface area contributed by atoms with Gasteiger partial charge in [-0.25, -0.2) is 13.4 Å². The van der Waals surface area contributed by atoms with E-state index in [1.807, 2.05) is 6.07 Å². The van der Waals surface area contributed by atoms with Gasteiger partial charge in [-0.15, -0.1) is 0 Å². The Morgan fingerprint density at radius 1 is 1.29 bits per heavy atom. The van der Waals surface area contributed by atoms with Gasteiger partial charge in [0.2, 0.25) is 10.0 Å². The zero-order valence-electron chi connectivity index (χ0n) is 11.4. The molecule has 0 aliphatic carbocycles. The predicted molar refractivity (Wildman–Crippen MR) is 83.2 cm³/mol. The Balaban J connectivity index is 2.02. The van der Waals surface area contributed by atoms with Gasteiger partial charge in [0.15, 0.2) is 0 Å². The first-order valence-electron chi connectivity index (χ1n) is 6.86. The minimum absolute atomic E-state index is 0.217. The van der Waals surface area contributed by atoms with Crippen molar-refractivity contribution in [1.29, 1.82) is 0 Å². The van der Waals surface area contributed by atoms with Crippen LogP contribution in [0.1, 0.15) is 31.1 Å². The molecular formula is C14H16BrN3O2S. The lowest BCUT2D eigenvalue weighted by atomic mass is 10.0. The van der Waals surface area contributed by atoms with Crippen molar-refractivity contribution in [2.45, 2.75) is 30.2 Å². The Morgan fingerprint density at radius 3 is 2.81 bits per heavy atom. The molecule has 2 heterocycles. The molecule has 1 saturated heterocycles. The van der Waals surface area contributed by atoms with Gasteiger partial charge in [0.25, 0.3) is 0 Å². The molecule has 0 radical (unpaired) electrons. The molecule has 1 aromatic heterocycles. The molecule has 21 heavy (non-hydrogen) atoms. The van der Waals surface area contributed by atoms with Crippen molar-refractivity contribution in [3.05, 3.63) is 47.0 Å². The summed E-state index contributed by atoms with van der Waals surface area (Å²) < 4.78 is 28.1. The number of aromatic nitrogens is 2. The maximum atomic E-state index is 13.0. The molecule has 2 aromatic rings. The highest BCUT2D eigenvalue weighted by molar-refractivity contribution is 9.10. The Bertz CT molecular complexity index is 716. The molecule has 0 spiro atoms. The number of aromatic amines is 1. The number of benzene rings is 1. The van der Waals surface area contributed by atoms with Gasteiger partial charge in [0, 0.05) is 23.4 Å². The van der Waals surface area contributed by atoms with E-state index in [9.17, 15) is 8.42 Å². The number of piperidine rings is 1. The third kappa shape index (κ3) is 2.77. The number of H-pyrrole nitrogens is 1. The number of nitrogens with one attached hydrogen (secondary N) is 1. The van der Waals surface area contributed by atoms with Gasteiger partial charge in [-0.3, -0.25) is 0 Å². The first-order chi connectivity index (χ1) is 10.1. The van der Waals surface area contributed by atoms with Crippen LogP contribution in [0.4, 0.5) is 0 Å². The molecule has 1 N–H and O–H groups in total. The number of halogens is 1. The number of sulfonamides is 1. The fourth-order valence-electron chi connectivity index (χ4n) is 2.71. The van der Waals surface area contributed by atoms with Crippen molar-refractivity contribution in [2.75, 3.05) is 6.54 Å². The molecule has 0 bridgehead atoms. The fraction of sp³-hybridized carbons (Fsp3) is 0.357. The molecule has 0 amide bonds. The highest BCUT2D eigenvalue weighted by Gasteiger charge is 2.36. The quantitative estimate of drug-likeness (QED) is 0.903. The average molecular weight is 370 g/mol. The summed E-state index contributed by atoms with van der Waals surface area (Å²) in [6, 6.07) is 6.71. The number of rotatable bonds is 3. The first kappa shape index (κ1) is 14.7. The van der Waals surface area contributed by atoms with E-state index in [-0.39, 0.29) is 6.04 Å². The maximum Gasteiger partial charge on any atom is 0.244 e. The molecule has 3 rings (SSSR count). The fourth-order valence-corrected chi connectivity index (χ4v) is 5.33. The molecule has 0 saturated carbocycles. The topological polar surface area (TPSA) is 66.1 Å². The van der Waals surface area contributed by atoms with Crippen molar-refractivity contribution in [2.24, 2.45) is 0 Å². The van der Waals surface area contributed by atoms with Crippen LogP contribution in [0.5, 0.6) is 0 Å². The maximum absolute atomic E-state index is 13.0. The molecule has 112 valence electrons. The second-order valence-electron chi connectivity index (χ2n) is 5.03. The highest BCUT2D eigenvalue weighted by Crippen LogP contribution is 2.35. The normalized spacial score (nSPS) is 20.5. The van der Waals surface area contributed by atoms with Crippen LogP contribution >= 0.6 is 15.9 Å². The Kier molecular flexibility index (Phi) is 4.14. The minimum atomic E-state index is -3.54.